The van der Waals surface area contributed by atoms with E-state index in [2.05, 4.69) is 5.10 Å². The van der Waals surface area contributed by atoms with Crippen LogP contribution in [0.3, 0.4) is 0 Å². The summed E-state index contributed by atoms with van der Waals surface area (Å²) < 4.78 is 11.5. The van der Waals surface area contributed by atoms with Gasteiger partial charge in [-0.05, 0) is 19.9 Å². The molecule has 0 fully saturated rings. The molecule has 0 atom stereocenters. The van der Waals surface area contributed by atoms with Crippen molar-refractivity contribution in [1.82, 2.24) is 9.78 Å². The van der Waals surface area contributed by atoms with Gasteiger partial charge in [-0.3, -0.25) is 4.79 Å². The van der Waals surface area contributed by atoms with Crippen LogP contribution >= 0.6 is 0 Å². The Morgan fingerprint density at radius 1 is 1.61 bits per heavy atom. The molecule has 0 saturated heterocycles. The molecule has 0 aliphatic rings. The molecular formula is C12H15N3O3. The maximum absolute atomic E-state index is 11.4. The summed E-state index contributed by atoms with van der Waals surface area (Å²) in [4.78, 5) is 11.4. The van der Waals surface area contributed by atoms with E-state index >= 15 is 0 Å². The number of aryl methyl sites for hydroxylation is 1. The summed E-state index contributed by atoms with van der Waals surface area (Å²) in [6, 6.07) is 3.52. The maximum Gasteiger partial charge on any atom is 0.327 e. The summed E-state index contributed by atoms with van der Waals surface area (Å²) in [7, 11) is 0. The minimum absolute atomic E-state index is 0.0105. The zero-order valence-corrected chi connectivity index (χ0v) is 10.3. The van der Waals surface area contributed by atoms with Gasteiger partial charge in [0.1, 0.15) is 18.1 Å². The molecule has 2 aromatic heterocycles. The summed E-state index contributed by atoms with van der Waals surface area (Å²) in [6.45, 7) is 3.95. The number of hydrogen-bond donors (Lipinski definition) is 1. The number of rotatable bonds is 4. The van der Waals surface area contributed by atoms with Crippen LogP contribution in [0, 0.1) is 6.92 Å². The van der Waals surface area contributed by atoms with Crippen molar-refractivity contribution in [2.45, 2.75) is 20.4 Å². The quantitative estimate of drug-likeness (QED) is 0.832. The van der Waals surface area contributed by atoms with Crippen LogP contribution < -0.4 is 5.73 Å². The molecule has 0 radical (unpaired) electrons. The van der Waals surface area contributed by atoms with E-state index in [0.29, 0.717) is 18.1 Å². The van der Waals surface area contributed by atoms with Crippen molar-refractivity contribution in [2.24, 2.45) is 0 Å². The number of carbonyl (C=O) groups is 1. The van der Waals surface area contributed by atoms with Crippen LogP contribution in [0.1, 0.15) is 12.7 Å². The molecule has 0 aliphatic heterocycles. The first kappa shape index (κ1) is 12.2. The molecule has 2 N–H and O–H groups in total. The largest absolute Gasteiger partial charge is 0.469 e. The van der Waals surface area contributed by atoms with Crippen LogP contribution in [0.4, 0.5) is 5.82 Å². The molecule has 2 heterocycles. The number of aromatic nitrogens is 2. The SMILES string of the molecule is CCOC(=O)Cn1nc(-c2ccoc2C)cc1N. The Morgan fingerprint density at radius 2 is 2.39 bits per heavy atom. The van der Waals surface area contributed by atoms with E-state index in [9.17, 15) is 4.79 Å². The molecular weight excluding hydrogens is 234 g/mol. The van der Waals surface area contributed by atoms with E-state index in [1.165, 1.54) is 4.68 Å². The maximum atomic E-state index is 11.4. The van der Waals surface area contributed by atoms with E-state index in [-0.39, 0.29) is 12.5 Å². The number of carbonyl (C=O) groups excluding carboxylic acids is 1. The molecule has 2 rings (SSSR count). The zero-order chi connectivity index (χ0) is 13.1. The number of ether oxygens (including phenoxy) is 1. The van der Waals surface area contributed by atoms with E-state index in [1.54, 1.807) is 19.3 Å². The lowest BCUT2D eigenvalue weighted by Gasteiger charge is -2.03. The Balaban J connectivity index is 2.22. The van der Waals surface area contributed by atoms with E-state index in [4.69, 9.17) is 14.9 Å². The van der Waals surface area contributed by atoms with Gasteiger partial charge in [-0.15, -0.1) is 0 Å². The summed E-state index contributed by atoms with van der Waals surface area (Å²) in [5.41, 5.74) is 7.35. The third-order valence-corrected chi connectivity index (χ3v) is 2.53. The predicted molar refractivity (Wildman–Crippen MR) is 65.7 cm³/mol. The summed E-state index contributed by atoms with van der Waals surface area (Å²) >= 11 is 0. The Labute approximate surface area is 104 Å². The number of esters is 1. The number of anilines is 1. The third-order valence-electron chi connectivity index (χ3n) is 2.53. The van der Waals surface area contributed by atoms with Crippen LogP contribution in [0.15, 0.2) is 22.8 Å². The second-order valence-corrected chi connectivity index (χ2v) is 3.81. The highest BCUT2D eigenvalue weighted by molar-refractivity contribution is 5.70. The summed E-state index contributed by atoms with van der Waals surface area (Å²) in [6.07, 6.45) is 1.59. The van der Waals surface area contributed by atoms with Gasteiger partial charge < -0.3 is 14.9 Å². The van der Waals surface area contributed by atoms with Gasteiger partial charge in [0, 0.05) is 11.6 Å². The lowest BCUT2D eigenvalue weighted by molar-refractivity contribution is -0.143. The summed E-state index contributed by atoms with van der Waals surface area (Å²) in [5, 5.41) is 4.27. The molecule has 2 aromatic rings. The van der Waals surface area contributed by atoms with E-state index < -0.39 is 0 Å². The van der Waals surface area contributed by atoms with Crippen LogP contribution in [-0.2, 0) is 16.1 Å². The molecule has 6 nitrogen and oxygen atoms in total. The number of furan rings is 1. The minimum Gasteiger partial charge on any atom is -0.469 e. The standard InChI is InChI=1S/C12H15N3O3/c1-3-17-12(16)7-15-11(13)6-10(14-15)9-4-5-18-8(9)2/h4-6H,3,7,13H2,1-2H3. The van der Waals surface area contributed by atoms with Crippen LogP contribution in [0.2, 0.25) is 0 Å². The first-order valence-electron chi connectivity index (χ1n) is 5.65. The number of nitrogen functional groups attached to an aromatic ring is 1. The van der Waals surface area contributed by atoms with Gasteiger partial charge in [0.2, 0.25) is 0 Å². The fraction of sp³-hybridized carbons (Fsp3) is 0.333. The number of nitrogens with zero attached hydrogens (tertiary/aromatic N) is 2. The Hall–Kier alpha value is -2.24. The molecule has 96 valence electrons. The van der Waals surface area contributed by atoms with Gasteiger partial charge in [-0.2, -0.15) is 5.10 Å². The summed E-state index contributed by atoms with van der Waals surface area (Å²) in [5.74, 6) is 0.817. The highest BCUT2D eigenvalue weighted by Gasteiger charge is 2.13. The molecule has 0 aliphatic carbocycles. The Kier molecular flexibility index (Phi) is 3.36. The van der Waals surface area contributed by atoms with Crippen molar-refractivity contribution in [1.29, 1.82) is 0 Å². The number of hydrogen-bond acceptors (Lipinski definition) is 5. The topological polar surface area (TPSA) is 83.3 Å². The molecule has 0 saturated carbocycles. The Bertz CT molecular complexity index is 557. The fourth-order valence-corrected chi connectivity index (χ4v) is 1.67. The average Bonchev–Trinajstić information content (AvgIpc) is 2.86. The molecule has 18 heavy (non-hydrogen) atoms. The second kappa shape index (κ2) is 4.95. The van der Waals surface area contributed by atoms with Gasteiger partial charge in [0.25, 0.3) is 0 Å². The van der Waals surface area contributed by atoms with Crippen molar-refractivity contribution >= 4 is 11.8 Å². The van der Waals surface area contributed by atoms with Crippen LogP contribution in [0.5, 0.6) is 0 Å². The monoisotopic (exact) mass is 249 g/mol. The van der Waals surface area contributed by atoms with Crippen molar-refractivity contribution < 1.29 is 13.9 Å². The average molecular weight is 249 g/mol. The molecule has 0 unspecified atom stereocenters. The van der Waals surface area contributed by atoms with Crippen molar-refractivity contribution in [2.75, 3.05) is 12.3 Å². The van der Waals surface area contributed by atoms with Crippen LogP contribution in [-0.4, -0.2) is 22.4 Å². The van der Waals surface area contributed by atoms with E-state index in [1.807, 2.05) is 13.0 Å². The first-order valence-corrected chi connectivity index (χ1v) is 5.65. The molecule has 0 aromatic carbocycles. The zero-order valence-electron chi connectivity index (χ0n) is 10.3. The molecule has 6 heteroatoms. The van der Waals surface area contributed by atoms with Crippen molar-refractivity contribution in [3.8, 4) is 11.3 Å². The third kappa shape index (κ3) is 2.37. The second-order valence-electron chi connectivity index (χ2n) is 3.81. The molecule has 0 spiro atoms. The number of nitrogens with two attached hydrogens (primary N) is 1. The highest BCUT2D eigenvalue weighted by Crippen LogP contribution is 2.24. The smallest absolute Gasteiger partial charge is 0.327 e. The first-order chi connectivity index (χ1) is 8.61. The van der Waals surface area contributed by atoms with Crippen molar-refractivity contribution in [3.05, 3.63) is 24.2 Å². The minimum atomic E-state index is -0.359. The van der Waals surface area contributed by atoms with Crippen molar-refractivity contribution in [3.63, 3.8) is 0 Å². The lowest BCUT2D eigenvalue weighted by atomic mass is 10.2. The van der Waals surface area contributed by atoms with Gasteiger partial charge in [0.05, 0.1) is 18.6 Å². The Morgan fingerprint density at radius 3 is 3.00 bits per heavy atom. The fourth-order valence-electron chi connectivity index (χ4n) is 1.67. The lowest BCUT2D eigenvalue weighted by Crippen LogP contribution is -2.16. The highest BCUT2D eigenvalue weighted by atomic mass is 16.5. The van der Waals surface area contributed by atoms with Crippen LogP contribution in [0.25, 0.3) is 11.3 Å². The van der Waals surface area contributed by atoms with E-state index in [0.717, 1.165) is 11.3 Å². The van der Waals surface area contributed by atoms with Gasteiger partial charge in [0.15, 0.2) is 0 Å². The van der Waals surface area contributed by atoms with Gasteiger partial charge in [-0.25, -0.2) is 4.68 Å². The van der Waals surface area contributed by atoms with Gasteiger partial charge >= 0.3 is 5.97 Å². The molecule has 0 bridgehead atoms. The molecule has 0 amide bonds. The predicted octanol–water partition coefficient (Wildman–Crippen LogP) is 1.60. The normalized spacial score (nSPS) is 10.6. The van der Waals surface area contributed by atoms with Gasteiger partial charge in [-0.1, -0.05) is 0 Å².